The van der Waals surface area contributed by atoms with Gasteiger partial charge in [-0.25, -0.2) is 4.79 Å². The topological polar surface area (TPSA) is 58.6 Å². The van der Waals surface area contributed by atoms with E-state index in [1.165, 1.54) is 0 Å². The van der Waals surface area contributed by atoms with Crippen LogP contribution in [0.1, 0.15) is 21.5 Å². The highest BCUT2D eigenvalue weighted by molar-refractivity contribution is 6.08. The maximum atomic E-state index is 11.4. The van der Waals surface area contributed by atoms with Crippen molar-refractivity contribution in [3.8, 4) is 5.75 Å². The van der Waals surface area contributed by atoms with Crippen LogP contribution in [0.3, 0.4) is 0 Å². The van der Waals surface area contributed by atoms with Crippen LogP contribution in [-0.4, -0.2) is 38.1 Å². The summed E-state index contributed by atoms with van der Waals surface area (Å²) in [5.41, 5.74) is 1.97. The quantitative estimate of drug-likeness (QED) is 0.764. The Morgan fingerprint density at radius 1 is 1.56 bits per heavy atom. The van der Waals surface area contributed by atoms with E-state index in [1.54, 1.807) is 13.0 Å². The monoisotopic (exact) mass is 245 g/mol. The van der Waals surface area contributed by atoms with Gasteiger partial charge in [0.15, 0.2) is 0 Å². The van der Waals surface area contributed by atoms with Crippen LogP contribution >= 0.6 is 0 Å². The van der Waals surface area contributed by atoms with Crippen molar-refractivity contribution in [2.75, 3.05) is 13.1 Å². The Labute approximate surface area is 108 Å². The Kier molecular flexibility index (Phi) is 3.92. The molecule has 0 aliphatic carbocycles. The first-order chi connectivity index (χ1) is 8.63. The molecule has 1 fully saturated rings. The third-order valence-electron chi connectivity index (χ3n) is 3.20. The molecule has 1 heterocycles. The largest absolute Gasteiger partial charge is 0.487 e. The predicted octanol–water partition coefficient (Wildman–Crippen LogP) is 1.17. The molecule has 2 N–H and O–H groups in total. The van der Waals surface area contributed by atoms with Gasteiger partial charge in [0, 0.05) is 13.1 Å². The number of hydrogen-bond acceptors (Lipinski definition) is 3. The molecule has 0 spiro atoms. The minimum absolute atomic E-state index is 0.0721. The van der Waals surface area contributed by atoms with E-state index in [4.69, 9.17) is 12.6 Å². The molecule has 1 aromatic carbocycles. The molecule has 1 aliphatic heterocycles. The van der Waals surface area contributed by atoms with Crippen molar-refractivity contribution in [3.05, 3.63) is 28.8 Å². The van der Waals surface area contributed by atoms with Gasteiger partial charge < -0.3 is 15.2 Å². The van der Waals surface area contributed by atoms with Crippen LogP contribution < -0.4 is 10.1 Å². The van der Waals surface area contributed by atoms with E-state index in [0.29, 0.717) is 18.5 Å². The molecule has 5 heteroatoms. The summed E-state index contributed by atoms with van der Waals surface area (Å²) in [5, 5.41) is 12.4. The molecule has 4 nitrogen and oxygen atoms in total. The van der Waals surface area contributed by atoms with Gasteiger partial charge in [0.05, 0.1) is 7.85 Å². The lowest BCUT2D eigenvalue weighted by Crippen LogP contribution is -2.50. The molecule has 1 saturated heterocycles. The maximum Gasteiger partial charge on any atom is 0.339 e. The van der Waals surface area contributed by atoms with Gasteiger partial charge in [-0.1, -0.05) is 12.4 Å². The fraction of sp³-hybridized carbons (Fsp3) is 0.462. The summed E-state index contributed by atoms with van der Waals surface area (Å²) in [4.78, 5) is 11.4. The summed E-state index contributed by atoms with van der Waals surface area (Å²) >= 11 is 0. The second-order valence-corrected chi connectivity index (χ2v) is 4.46. The van der Waals surface area contributed by atoms with E-state index in [1.807, 2.05) is 6.07 Å². The van der Waals surface area contributed by atoms with Gasteiger partial charge in [0.25, 0.3) is 0 Å². The number of aromatic carboxylic acids is 1. The highest BCUT2D eigenvalue weighted by atomic mass is 16.5. The first-order valence-corrected chi connectivity index (χ1v) is 6.06. The number of aryl methyl sites for hydroxylation is 1. The predicted molar refractivity (Wildman–Crippen MR) is 69.7 cm³/mol. The van der Waals surface area contributed by atoms with E-state index in [9.17, 15) is 9.90 Å². The SMILES string of the molecule is [B]CCc1ccc(OC2CNC2)c(C(=O)O)c1C. The lowest BCUT2D eigenvalue weighted by atomic mass is 9.92. The zero-order valence-corrected chi connectivity index (χ0v) is 10.4. The normalized spacial score (nSPS) is 15.2. The number of hydrogen-bond donors (Lipinski definition) is 2. The maximum absolute atomic E-state index is 11.4. The Morgan fingerprint density at radius 3 is 2.78 bits per heavy atom. The van der Waals surface area contributed by atoms with Crippen molar-refractivity contribution in [1.29, 1.82) is 0 Å². The van der Waals surface area contributed by atoms with Gasteiger partial charge >= 0.3 is 5.97 Å². The Bertz CT molecular complexity index is 458. The van der Waals surface area contributed by atoms with Crippen molar-refractivity contribution in [2.24, 2.45) is 0 Å². The number of nitrogens with one attached hydrogen (secondary N) is 1. The number of carbonyl (C=O) groups is 1. The van der Waals surface area contributed by atoms with Crippen molar-refractivity contribution < 1.29 is 14.6 Å². The molecular weight excluding hydrogens is 229 g/mol. The molecule has 1 aliphatic rings. The zero-order valence-electron chi connectivity index (χ0n) is 10.4. The molecule has 94 valence electrons. The number of carboxylic acid groups (broad SMARTS) is 1. The lowest BCUT2D eigenvalue weighted by molar-refractivity contribution is 0.0683. The van der Waals surface area contributed by atoms with Gasteiger partial charge in [0.1, 0.15) is 17.4 Å². The van der Waals surface area contributed by atoms with Crippen molar-refractivity contribution in [1.82, 2.24) is 5.32 Å². The Morgan fingerprint density at radius 2 is 2.28 bits per heavy atom. The Balaban J connectivity index is 2.33. The molecule has 2 rings (SSSR count). The summed E-state index contributed by atoms with van der Waals surface area (Å²) in [5.74, 6) is -0.499. The molecule has 0 saturated carbocycles. The average Bonchev–Trinajstić information content (AvgIpc) is 2.26. The van der Waals surface area contributed by atoms with Crippen molar-refractivity contribution in [3.63, 3.8) is 0 Å². The van der Waals surface area contributed by atoms with Crippen LogP contribution in [-0.2, 0) is 6.42 Å². The fourth-order valence-corrected chi connectivity index (χ4v) is 2.05. The van der Waals surface area contributed by atoms with Gasteiger partial charge in [-0.3, -0.25) is 0 Å². The summed E-state index contributed by atoms with van der Waals surface area (Å²) in [6.07, 6.45) is 1.26. The molecule has 18 heavy (non-hydrogen) atoms. The molecule has 0 bridgehead atoms. The molecule has 1 aromatic rings. The Hall–Kier alpha value is -1.49. The number of benzene rings is 1. The summed E-state index contributed by atoms with van der Waals surface area (Å²) < 4.78 is 5.68. The molecule has 0 atom stereocenters. The van der Waals surface area contributed by atoms with Crippen LogP contribution in [0, 0.1) is 6.92 Å². The summed E-state index contributed by atoms with van der Waals surface area (Å²) in [6.45, 7) is 3.34. The average molecular weight is 245 g/mol. The zero-order chi connectivity index (χ0) is 13.1. The third kappa shape index (κ3) is 2.51. The minimum Gasteiger partial charge on any atom is -0.487 e. The number of rotatable bonds is 5. The highest BCUT2D eigenvalue weighted by Gasteiger charge is 2.23. The van der Waals surface area contributed by atoms with Crippen LogP contribution in [0.25, 0.3) is 0 Å². The van der Waals surface area contributed by atoms with Gasteiger partial charge in [0.2, 0.25) is 0 Å². The van der Waals surface area contributed by atoms with Crippen LogP contribution in [0.2, 0.25) is 6.32 Å². The molecule has 0 aromatic heterocycles. The third-order valence-corrected chi connectivity index (χ3v) is 3.20. The first kappa shape index (κ1) is 13.0. The summed E-state index contributed by atoms with van der Waals surface area (Å²) in [6, 6.07) is 3.63. The number of carboxylic acids is 1. The van der Waals surface area contributed by atoms with E-state index in [0.717, 1.165) is 24.2 Å². The van der Waals surface area contributed by atoms with Crippen molar-refractivity contribution in [2.45, 2.75) is 25.8 Å². The van der Waals surface area contributed by atoms with Gasteiger partial charge in [-0.05, 0) is 30.5 Å². The first-order valence-electron chi connectivity index (χ1n) is 6.06. The molecule has 0 unspecified atom stereocenters. The second-order valence-electron chi connectivity index (χ2n) is 4.46. The summed E-state index contributed by atoms with van der Waals surface area (Å²) in [7, 11) is 5.52. The smallest absolute Gasteiger partial charge is 0.339 e. The van der Waals surface area contributed by atoms with E-state index in [2.05, 4.69) is 5.32 Å². The molecular formula is C13H16BNO3. The highest BCUT2D eigenvalue weighted by Crippen LogP contribution is 2.27. The molecule has 2 radical (unpaired) electrons. The molecule has 0 amide bonds. The number of ether oxygens (including phenoxy) is 1. The lowest BCUT2D eigenvalue weighted by Gasteiger charge is -2.29. The van der Waals surface area contributed by atoms with Gasteiger partial charge in [-0.2, -0.15) is 0 Å². The minimum atomic E-state index is -0.950. The fourth-order valence-electron chi connectivity index (χ4n) is 2.05. The second kappa shape index (κ2) is 5.44. The van der Waals surface area contributed by atoms with E-state index in [-0.39, 0.29) is 11.7 Å². The van der Waals surface area contributed by atoms with Crippen LogP contribution in [0.4, 0.5) is 0 Å². The van der Waals surface area contributed by atoms with E-state index < -0.39 is 5.97 Å². The standard InChI is InChI=1S/C13H16BNO3/c1-8-9(4-5-14)2-3-11(12(8)13(16)17)18-10-6-15-7-10/h2-3,10,15H,4-7H2,1H3,(H,16,17). The van der Waals surface area contributed by atoms with E-state index >= 15 is 0 Å². The van der Waals surface area contributed by atoms with Crippen LogP contribution in [0.15, 0.2) is 12.1 Å². The van der Waals surface area contributed by atoms with Crippen molar-refractivity contribution >= 4 is 13.8 Å². The van der Waals surface area contributed by atoms with Crippen LogP contribution in [0.5, 0.6) is 5.75 Å². The van der Waals surface area contributed by atoms with Gasteiger partial charge in [-0.15, -0.1) is 0 Å².